The fourth-order valence-corrected chi connectivity index (χ4v) is 5.82. The zero-order valence-corrected chi connectivity index (χ0v) is 22.8. The van der Waals surface area contributed by atoms with Crippen LogP contribution in [0, 0.1) is 13.8 Å². The monoisotopic (exact) mass is 569 g/mol. The Morgan fingerprint density at radius 3 is 1.55 bits per heavy atom. The van der Waals surface area contributed by atoms with Crippen molar-refractivity contribution in [2.75, 3.05) is 14.8 Å². The highest BCUT2D eigenvalue weighted by molar-refractivity contribution is 7.93. The summed E-state index contributed by atoms with van der Waals surface area (Å²) in [5.74, 6) is -0.545. The van der Waals surface area contributed by atoms with Crippen LogP contribution in [0.15, 0.2) is 101 Å². The summed E-state index contributed by atoms with van der Waals surface area (Å²) in [5, 5.41) is 2.69. The summed E-state index contributed by atoms with van der Waals surface area (Å²) in [7, 11) is -7.64. The topological polar surface area (TPSA) is 121 Å². The van der Waals surface area contributed by atoms with Gasteiger partial charge in [-0.15, -0.1) is 0 Å². The molecule has 1 amide bonds. The van der Waals surface area contributed by atoms with Gasteiger partial charge >= 0.3 is 0 Å². The van der Waals surface area contributed by atoms with Crippen molar-refractivity contribution in [2.24, 2.45) is 0 Å². The van der Waals surface area contributed by atoms with Gasteiger partial charge in [0.2, 0.25) is 0 Å². The second-order valence-corrected chi connectivity index (χ2v) is 12.3. The number of carbonyl (C=O) groups excluding carboxylic acids is 1. The van der Waals surface area contributed by atoms with Crippen molar-refractivity contribution in [2.45, 2.75) is 23.6 Å². The van der Waals surface area contributed by atoms with E-state index in [4.69, 9.17) is 11.6 Å². The van der Waals surface area contributed by atoms with Gasteiger partial charge in [-0.3, -0.25) is 14.2 Å². The maximum absolute atomic E-state index is 12.8. The maximum Gasteiger partial charge on any atom is 0.261 e. The molecule has 0 aliphatic heterocycles. The molecule has 4 rings (SSSR count). The second kappa shape index (κ2) is 10.9. The van der Waals surface area contributed by atoms with Crippen molar-refractivity contribution in [3.8, 4) is 0 Å². The summed E-state index contributed by atoms with van der Waals surface area (Å²) in [6.45, 7) is 3.76. The molecular weight excluding hydrogens is 546 g/mol. The van der Waals surface area contributed by atoms with Gasteiger partial charge < -0.3 is 5.32 Å². The average molecular weight is 570 g/mol. The van der Waals surface area contributed by atoms with E-state index in [1.807, 2.05) is 13.8 Å². The third kappa shape index (κ3) is 6.52. The van der Waals surface area contributed by atoms with Crippen LogP contribution in [-0.2, 0) is 20.0 Å². The third-order valence-electron chi connectivity index (χ3n) is 5.52. The SMILES string of the molecule is Cc1ccc(NS(=O)(=O)c2ccc(NC(=O)c3ccc(NS(=O)(=O)c4ccc(C)cc4)cc3Cl)cc2)cc1. The first-order valence-electron chi connectivity index (χ1n) is 11.3. The van der Waals surface area contributed by atoms with Crippen molar-refractivity contribution < 1.29 is 21.6 Å². The van der Waals surface area contributed by atoms with Gasteiger partial charge in [0.15, 0.2) is 0 Å². The normalized spacial score (nSPS) is 11.6. The van der Waals surface area contributed by atoms with E-state index in [9.17, 15) is 21.6 Å². The lowest BCUT2D eigenvalue weighted by Crippen LogP contribution is -2.15. The predicted molar refractivity (Wildman–Crippen MR) is 150 cm³/mol. The van der Waals surface area contributed by atoms with Gasteiger partial charge in [0.1, 0.15) is 0 Å². The quantitative estimate of drug-likeness (QED) is 0.247. The van der Waals surface area contributed by atoms with Crippen LogP contribution < -0.4 is 14.8 Å². The molecule has 4 aromatic carbocycles. The lowest BCUT2D eigenvalue weighted by atomic mass is 10.2. The van der Waals surface area contributed by atoms with Crippen LogP contribution in [-0.4, -0.2) is 22.7 Å². The molecule has 0 aliphatic rings. The Morgan fingerprint density at radius 2 is 1.03 bits per heavy atom. The summed E-state index contributed by atoms with van der Waals surface area (Å²) in [6.07, 6.45) is 0. The summed E-state index contributed by atoms with van der Waals surface area (Å²) in [4.78, 5) is 12.9. The van der Waals surface area contributed by atoms with E-state index in [1.54, 1.807) is 36.4 Å². The van der Waals surface area contributed by atoms with Crippen molar-refractivity contribution in [3.05, 3.63) is 113 Å². The molecule has 0 unspecified atom stereocenters. The lowest BCUT2D eigenvalue weighted by molar-refractivity contribution is 0.102. The Balaban J connectivity index is 1.43. The standard InChI is InChI=1S/C27H24ClN3O5S2/c1-18-3-7-21(8-4-18)30-37(33,34)24-14-9-20(10-15-24)29-27(32)25-16-11-22(17-26(25)28)31-38(35,36)23-12-5-19(2)6-13-23/h3-17,30-31H,1-2H3,(H,29,32). The number of aryl methyl sites for hydroxylation is 2. The summed E-state index contributed by atoms with van der Waals surface area (Å²) in [5.41, 5.74) is 3.03. The lowest BCUT2D eigenvalue weighted by Gasteiger charge is -2.12. The van der Waals surface area contributed by atoms with Crippen LogP contribution in [0.2, 0.25) is 5.02 Å². The van der Waals surface area contributed by atoms with Crippen LogP contribution >= 0.6 is 11.6 Å². The Morgan fingerprint density at radius 1 is 0.605 bits per heavy atom. The number of halogens is 1. The molecule has 38 heavy (non-hydrogen) atoms. The first-order valence-corrected chi connectivity index (χ1v) is 14.7. The molecule has 0 bridgehead atoms. The van der Waals surface area contributed by atoms with Crippen LogP contribution in [0.3, 0.4) is 0 Å². The van der Waals surface area contributed by atoms with Crippen LogP contribution in [0.25, 0.3) is 0 Å². The fourth-order valence-electron chi connectivity index (χ4n) is 3.45. The molecule has 0 saturated carbocycles. The van der Waals surface area contributed by atoms with Crippen molar-refractivity contribution >= 4 is 54.6 Å². The number of carbonyl (C=O) groups is 1. The van der Waals surface area contributed by atoms with Crippen LogP contribution in [0.4, 0.5) is 17.1 Å². The van der Waals surface area contributed by atoms with Gasteiger partial charge in [-0.25, -0.2) is 16.8 Å². The Labute approximate surface area is 226 Å². The minimum atomic E-state index is -3.83. The van der Waals surface area contributed by atoms with Gasteiger partial charge in [-0.2, -0.15) is 0 Å². The Kier molecular flexibility index (Phi) is 7.77. The second-order valence-electron chi connectivity index (χ2n) is 8.56. The molecule has 8 nitrogen and oxygen atoms in total. The zero-order valence-electron chi connectivity index (χ0n) is 20.4. The molecule has 0 saturated heterocycles. The predicted octanol–water partition coefficient (Wildman–Crippen LogP) is 5.81. The minimum absolute atomic E-state index is 0.0271. The van der Waals surface area contributed by atoms with Gasteiger partial charge in [0, 0.05) is 11.4 Å². The molecule has 196 valence electrons. The molecule has 0 aromatic heterocycles. The van der Waals surface area contributed by atoms with Crippen molar-refractivity contribution in [3.63, 3.8) is 0 Å². The minimum Gasteiger partial charge on any atom is -0.322 e. The molecule has 4 aromatic rings. The highest BCUT2D eigenvalue weighted by atomic mass is 35.5. The molecule has 0 spiro atoms. The molecule has 0 radical (unpaired) electrons. The summed E-state index contributed by atoms with van der Waals surface area (Å²) < 4.78 is 55.5. The average Bonchev–Trinajstić information content (AvgIpc) is 2.86. The van der Waals surface area contributed by atoms with E-state index in [0.29, 0.717) is 11.4 Å². The Bertz CT molecular complexity index is 1690. The number of sulfonamides is 2. The maximum atomic E-state index is 12.8. The number of amides is 1. The molecule has 0 fully saturated rings. The van der Waals surface area contributed by atoms with Crippen molar-refractivity contribution in [1.82, 2.24) is 0 Å². The number of anilines is 3. The van der Waals surface area contributed by atoms with Gasteiger partial charge in [-0.05, 0) is 80.6 Å². The number of benzene rings is 4. The van der Waals surface area contributed by atoms with Crippen molar-refractivity contribution in [1.29, 1.82) is 0 Å². The number of nitrogens with one attached hydrogen (secondary N) is 3. The van der Waals surface area contributed by atoms with E-state index >= 15 is 0 Å². The largest absolute Gasteiger partial charge is 0.322 e. The zero-order chi connectivity index (χ0) is 27.5. The third-order valence-corrected chi connectivity index (χ3v) is 8.63. The van der Waals surface area contributed by atoms with Crippen LogP contribution in [0.1, 0.15) is 21.5 Å². The van der Waals surface area contributed by atoms with E-state index < -0.39 is 26.0 Å². The van der Waals surface area contributed by atoms with E-state index in [0.717, 1.165) is 11.1 Å². The molecular formula is C27H24ClN3O5S2. The molecule has 3 N–H and O–H groups in total. The summed E-state index contributed by atoms with van der Waals surface area (Å²) in [6, 6.07) is 23.1. The van der Waals surface area contributed by atoms with E-state index in [-0.39, 0.29) is 26.1 Å². The molecule has 11 heteroatoms. The van der Waals surface area contributed by atoms with E-state index in [1.165, 1.54) is 54.6 Å². The van der Waals surface area contributed by atoms with Gasteiger partial charge in [0.05, 0.1) is 26.1 Å². The van der Waals surface area contributed by atoms with Gasteiger partial charge in [-0.1, -0.05) is 47.0 Å². The highest BCUT2D eigenvalue weighted by Crippen LogP contribution is 2.25. The fraction of sp³-hybridized carbons (Fsp3) is 0.0741. The number of rotatable bonds is 8. The first kappa shape index (κ1) is 27.2. The molecule has 0 aliphatic carbocycles. The molecule has 0 heterocycles. The number of hydrogen-bond donors (Lipinski definition) is 3. The first-order chi connectivity index (χ1) is 17.9. The Hall–Kier alpha value is -3.86. The van der Waals surface area contributed by atoms with Crippen LogP contribution in [0.5, 0.6) is 0 Å². The number of hydrogen-bond acceptors (Lipinski definition) is 5. The smallest absolute Gasteiger partial charge is 0.261 e. The summed E-state index contributed by atoms with van der Waals surface area (Å²) >= 11 is 6.27. The molecule has 0 atom stereocenters. The highest BCUT2D eigenvalue weighted by Gasteiger charge is 2.18. The van der Waals surface area contributed by atoms with Gasteiger partial charge in [0.25, 0.3) is 26.0 Å². The van der Waals surface area contributed by atoms with E-state index in [2.05, 4.69) is 14.8 Å².